The molecule has 0 unspecified atom stereocenters. The summed E-state index contributed by atoms with van der Waals surface area (Å²) in [4.78, 5) is 0. The third-order valence-electron chi connectivity index (χ3n) is 3.30. The number of unbranched alkanes of at least 4 members (excludes halogenated alkanes) is 1. The second-order valence-electron chi connectivity index (χ2n) is 6.09. The van der Waals surface area contributed by atoms with Crippen molar-refractivity contribution in [2.75, 3.05) is 6.61 Å². The summed E-state index contributed by atoms with van der Waals surface area (Å²) >= 11 is 0. The van der Waals surface area contributed by atoms with Gasteiger partial charge in [0, 0.05) is 5.92 Å². The summed E-state index contributed by atoms with van der Waals surface area (Å²) in [5.74, 6) is 2.16. The predicted molar refractivity (Wildman–Crippen MR) is 83.8 cm³/mol. The molecule has 0 spiro atoms. The molecule has 0 amide bonds. The molecule has 1 aromatic carbocycles. The number of rotatable bonds is 6. The Hall–Kier alpha value is -1.24. The van der Waals surface area contributed by atoms with Gasteiger partial charge in [0.25, 0.3) is 0 Å². The van der Waals surface area contributed by atoms with Crippen LogP contribution in [0, 0.1) is 5.92 Å². The van der Waals surface area contributed by atoms with Gasteiger partial charge in [-0.05, 0) is 35.1 Å². The molecule has 0 aliphatic rings. The van der Waals surface area contributed by atoms with Crippen LogP contribution in [-0.4, -0.2) is 6.61 Å². The van der Waals surface area contributed by atoms with Crippen molar-refractivity contribution in [2.45, 2.75) is 52.9 Å². The fourth-order valence-corrected chi connectivity index (χ4v) is 1.80. The summed E-state index contributed by atoms with van der Waals surface area (Å²) in [6.45, 7) is 15.6. The summed E-state index contributed by atoms with van der Waals surface area (Å²) in [5.41, 5.74) is 2.63. The van der Waals surface area contributed by atoms with Crippen molar-refractivity contribution in [3.63, 3.8) is 0 Å². The lowest BCUT2D eigenvalue weighted by Gasteiger charge is -2.22. The highest BCUT2D eigenvalue weighted by Crippen LogP contribution is 2.30. The van der Waals surface area contributed by atoms with E-state index in [0.717, 1.165) is 25.2 Å². The molecule has 0 saturated heterocycles. The van der Waals surface area contributed by atoms with Crippen molar-refractivity contribution in [2.24, 2.45) is 0 Å². The van der Waals surface area contributed by atoms with Crippen LogP contribution in [0.3, 0.4) is 0 Å². The first-order valence-electron chi connectivity index (χ1n) is 7.13. The molecule has 0 aromatic heterocycles. The lowest BCUT2D eigenvalue weighted by molar-refractivity contribution is 0.308. The first-order valence-corrected chi connectivity index (χ1v) is 7.13. The number of ether oxygens (including phenoxy) is 1. The van der Waals surface area contributed by atoms with E-state index in [1.165, 1.54) is 17.0 Å². The molecule has 0 atom stereocenters. The largest absolute Gasteiger partial charge is 0.494 e. The third-order valence-corrected chi connectivity index (χ3v) is 3.30. The molecule has 1 radical (unpaired) electrons. The van der Waals surface area contributed by atoms with Crippen molar-refractivity contribution in [1.82, 2.24) is 0 Å². The molecular weight excluding hydrogens is 232 g/mol. The van der Waals surface area contributed by atoms with Gasteiger partial charge in [-0.25, -0.2) is 0 Å². The minimum atomic E-state index is 0.125. The van der Waals surface area contributed by atoms with E-state index in [-0.39, 0.29) is 5.41 Å². The normalized spacial score (nSPS) is 11.7. The van der Waals surface area contributed by atoms with E-state index in [9.17, 15) is 0 Å². The zero-order valence-electron chi connectivity index (χ0n) is 13.0. The fourth-order valence-electron chi connectivity index (χ4n) is 1.80. The summed E-state index contributed by atoms with van der Waals surface area (Å²) in [6, 6.07) is 6.52. The van der Waals surface area contributed by atoms with E-state index in [1.807, 2.05) is 6.08 Å². The van der Waals surface area contributed by atoms with Crippen molar-refractivity contribution in [3.8, 4) is 5.75 Å². The van der Waals surface area contributed by atoms with Crippen LogP contribution in [0.25, 0.3) is 0 Å². The molecule has 0 saturated carbocycles. The molecule has 0 N–H and O–H groups in total. The first kappa shape index (κ1) is 15.8. The number of hydrogen-bond donors (Lipinski definition) is 0. The molecule has 0 fully saturated rings. The van der Waals surface area contributed by atoms with Gasteiger partial charge in [0.1, 0.15) is 5.75 Å². The zero-order valence-corrected chi connectivity index (χ0v) is 13.0. The highest BCUT2D eigenvalue weighted by molar-refractivity contribution is 5.45. The van der Waals surface area contributed by atoms with Crippen LogP contribution < -0.4 is 4.74 Å². The Morgan fingerprint density at radius 2 is 1.95 bits per heavy atom. The summed E-state index contributed by atoms with van der Waals surface area (Å²) in [7, 11) is 0. The average Bonchev–Trinajstić information content (AvgIpc) is 2.36. The highest BCUT2D eigenvalue weighted by atomic mass is 16.5. The second-order valence-corrected chi connectivity index (χ2v) is 6.09. The van der Waals surface area contributed by atoms with Crippen LogP contribution >= 0.6 is 0 Å². The molecule has 1 rings (SSSR count). The fraction of sp³-hybridized carbons (Fsp3) is 0.500. The smallest absolute Gasteiger partial charge is 0.119 e. The van der Waals surface area contributed by atoms with Crippen molar-refractivity contribution < 1.29 is 4.74 Å². The molecule has 1 heteroatoms. The van der Waals surface area contributed by atoms with Gasteiger partial charge in [0.05, 0.1) is 6.61 Å². The Bertz CT molecular complexity index is 412. The Balaban J connectivity index is 3.06. The summed E-state index contributed by atoms with van der Waals surface area (Å²) in [5, 5.41) is 0. The molecule has 0 aliphatic heterocycles. The zero-order chi connectivity index (χ0) is 14.5. The monoisotopic (exact) mass is 259 g/mol. The van der Waals surface area contributed by atoms with Gasteiger partial charge in [-0.3, -0.25) is 0 Å². The van der Waals surface area contributed by atoms with E-state index in [0.29, 0.717) is 0 Å². The van der Waals surface area contributed by atoms with E-state index >= 15 is 0 Å². The molecule has 1 aromatic rings. The van der Waals surface area contributed by atoms with Crippen LogP contribution in [0.1, 0.15) is 58.6 Å². The summed E-state index contributed by atoms with van der Waals surface area (Å²) in [6.07, 6.45) is 4.15. The maximum atomic E-state index is 5.87. The van der Waals surface area contributed by atoms with Gasteiger partial charge >= 0.3 is 0 Å². The Morgan fingerprint density at radius 1 is 1.26 bits per heavy atom. The first-order chi connectivity index (χ1) is 8.88. The minimum absolute atomic E-state index is 0.125. The maximum absolute atomic E-state index is 5.87. The predicted octanol–water partition coefficient (Wildman–Crippen LogP) is 5.29. The highest BCUT2D eigenvalue weighted by Gasteiger charge is 2.17. The number of benzene rings is 1. The topological polar surface area (TPSA) is 9.23 Å². The van der Waals surface area contributed by atoms with Gasteiger partial charge in [0.15, 0.2) is 0 Å². The molecule has 0 aliphatic carbocycles. The van der Waals surface area contributed by atoms with Crippen LogP contribution in [0.15, 0.2) is 30.9 Å². The van der Waals surface area contributed by atoms with E-state index in [1.54, 1.807) is 0 Å². The van der Waals surface area contributed by atoms with Crippen LogP contribution in [0.2, 0.25) is 0 Å². The molecule has 1 nitrogen and oxygen atoms in total. The van der Waals surface area contributed by atoms with E-state index < -0.39 is 0 Å². The number of hydrogen-bond acceptors (Lipinski definition) is 1. The lowest BCUT2D eigenvalue weighted by atomic mass is 9.84. The maximum Gasteiger partial charge on any atom is 0.119 e. The standard InChI is InChI=1S/C18H27O/c1-7-9-10-19-17-12-15(14(3)8-2)11-16(13-17)18(4,5)6/h8,11-13H,2,7,9-10H2,1,3-6H3. The van der Waals surface area contributed by atoms with Gasteiger partial charge in [-0.1, -0.05) is 53.2 Å². The van der Waals surface area contributed by atoms with Crippen molar-refractivity contribution in [3.05, 3.63) is 47.9 Å². The van der Waals surface area contributed by atoms with E-state index in [2.05, 4.69) is 59.4 Å². The summed E-state index contributed by atoms with van der Waals surface area (Å²) < 4.78 is 5.87. The quantitative estimate of drug-likeness (QED) is 0.631. The minimum Gasteiger partial charge on any atom is -0.494 e. The molecular formula is C18H27O. The van der Waals surface area contributed by atoms with Crippen LogP contribution in [0.5, 0.6) is 5.75 Å². The van der Waals surface area contributed by atoms with Gasteiger partial charge in [-0.2, -0.15) is 0 Å². The van der Waals surface area contributed by atoms with Crippen molar-refractivity contribution >= 4 is 0 Å². The second kappa shape index (κ2) is 6.79. The van der Waals surface area contributed by atoms with Gasteiger partial charge < -0.3 is 4.74 Å². The third kappa shape index (κ3) is 4.74. The molecule has 19 heavy (non-hydrogen) atoms. The molecule has 0 bridgehead atoms. The van der Waals surface area contributed by atoms with Crippen LogP contribution in [-0.2, 0) is 5.41 Å². The lowest BCUT2D eigenvalue weighted by Crippen LogP contribution is -2.12. The molecule has 105 valence electrons. The van der Waals surface area contributed by atoms with Crippen LogP contribution in [0.4, 0.5) is 0 Å². The Morgan fingerprint density at radius 3 is 2.47 bits per heavy atom. The SMILES string of the molecule is C=C[C](C)c1cc(OCCCC)cc(C(C)(C)C)c1. The van der Waals surface area contributed by atoms with Gasteiger partial charge in [0.2, 0.25) is 0 Å². The Kier molecular flexibility index (Phi) is 5.65. The molecule has 0 heterocycles. The number of allylic oxidation sites excluding steroid dienone is 1. The van der Waals surface area contributed by atoms with Gasteiger partial charge in [-0.15, -0.1) is 6.58 Å². The average molecular weight is 259 g/mol. The van der Waals surface area contributed by atoms with E-state index in [4.69, 9.17) is 4.74 Å². The van der Waals surface area contributed by atoms with Crippen molar-refractivity contribution in [1.29, 1.82) is 0 Å². The Labute approximate surface area is 118 Å².